The number of rotatable bonds is 9. The topological polar surface area (TPSA) is 72.5 Å². The first-order chi connectivity index (χ1) is 13.4. The van der Waals surface area contributed by atoms with Gasteiger partial charge in [0.1, 0.15) is 0 Å². The van der Waals surface area contributed by atoms with E-state index in [0.717, 1.165) is 22.1 Å². The second-order valence-electron chi connectivity index (χ2n) is 5.87. The van der Waals surface area contributed by atoms with Gasteiger partial charge in [0.15, 0.2) is 0 Å². The van der Waals surface area contributed by atoms with Gasteiger partial charge in [-0.25, -0.2) is 17.9 Å². The van der Waals surface area contributed by atoms with Crippen LogP contribution in [0.3, 0.4) is 0 Å². The molecule has 0 fully saturated rings. The van der Waals surface area contributed by atoms with Crippen molar-refractivity contribution in [1.29, 1.82) is 0 Å². The van der Waals surface area contributed by atoms with Gasteiger partial charge in [0.2, 0.25) is 10.0 Å². The second kappa shape index (κ2) is 10.8. The van der Waals surface area contributed by atoms with Crippen molar-refractivity contribution in [1.82, 2.24) is 4.72 Å². The molecule has 0 aliphatic heterocycles. The van der Waals surface area contributed by atoms with Gasteiger partial charge in [-0.3, -0.25) is 0 Å². The number of carbonyl (C=O) groups is 1. The predicted octanol–water partition coefficient (Wildman–Crippen LogP) is 4.05. The number of ether oxygens (including phenoxy) is 1. The van der Waals surface area contributed by atoms with E-state index < -0.39 is 10.0 Å². The van der Waals surface area contributed by atoms with E-state index in [1.54, 1.807) is 37.3 Å². The number of hydrogen-bond acceptors (Lipinski definition) is 4. The fraction of sp³-hybridized carbons (Fsp3) is 0.190. The Labute approximate surface area is 170 Å². The molecule has 28 heavy (non-hydrogen) atoms. The second-order valence-corrected chi connectivity index (χ2v) is 7.96. The summed E-state index contributed by atoms with van der Waals surface area (Å²) in [6.45, 7) is 2.38. The molecule has 0 saturated heterocycles. The number of benzene rings is 2. The lowest BCUT2D eigenvalue weighted by Crippen LogP contribution is -2.23. The van der Waals surface area contributed by atoms with Crippen LogP contribution in [0.1, 0.15) is 23.6 Å². The van der Waals surface area contributed by atoms with Crippen molar-refractivity contribution in [2.75, 3.05) is 13.2 Å². The van der Waals surface area contributed by atoms with Crippen LogP contribution in [-0.2, 0) is 26.0 Å². The zero-order valence-electron chi connectivity index (χ0n) is 15.5. The molecule has 0 heterocycles. The normalized spacial score (nSPS) is 11.9. The van der Waals surface area contributed by atoms with Crippen molar-refractivity contribution in [3.05, 3.63) is 81.7 Å². The van der Waals surface area contributed by atoms with Crippen molar-refractivity contribution < 1.29 is 17.9 Å². The van der Waals surface area contributed by atoms with Crippen LogP contribution >= 0.6 is 11.6 Å². The van der Waals surface area contributed by atoms with E-state index in [0.29, 0.717) is 18.1 Å². The Balaban J connectivity index is 1.83. The van der Waals surface area contributed by atoms with Gasteiger partial charge in [-0.1, -0.05) is 48.0 Å². The molecule has 0 bridgehead atoms. The molecule has 2 rings (SSSR count). The van der Waals surface area contributed by atoms with Gasteiger partial charge >= 0.3 is 5.97 Å². The summed E-state index contributed by atoms with van der Waals surface area (Å²) in [6.07, 6.45) is 5.12. The average Bonchev–Trinajstić information content (AvgIpc) is 2.67. The van der Waals surface area contributed by atoms with Crippen LogP contribution in [0.15, 0.2) is 60.0 Å². The number of esters is 1. The smallest absolute Gasteiger partial charge is 0.330 e. The highest BCUT2D eigenvalue weighted by Gasteiger charge is 2.04. The SMILES string of the molecule is CCOC(=O)/C=C/c1ccc(CCNS(=O)(=O)/C=C/c2ccc(Cl)cc2)cc1. The number of halogens is 1. The van der Waals surface area contributed by atoms with Crippen LogP contribution in [0.2, 0.25) is 5.02 Å². The standard InChI is InChI=1S/C21H22ClNO4S/c1-2-27-21(24)12-9-17-3-5-18(6-4-17)13-15-23-28(25,26)16-14-19-7-10-20(22)11-8-19/h3-12,14,16,23H,2,13,15H2,1H3/b12-9+,16-14+. The molecule has 2 aromatic carbocycles. The zero-order chi connectivity index (χ0) is 20.4. The Morgan fingerprint density at radius 3 is 2.29 bits per heavy atom. The van der Waals surface area contributed by atoms with Crippen LogP contribution < -0.4 is 4.72 Å². The Morgan fingerprint density at radius 1 is 1.04 bits per heavy atom. The lowest BCUT2D eigenvalue weighted by atomic mass is 10.1. The number of sulfonamides is 1. The third-order valence-electron chi connectivity index (χ3n) is 3.70. The van der Waals surface area contributed by atoms with E-state index in [1.807, 2.05) is 24.3 Å². The third kappa shape index (κ3) is 8.08. The van der Waals surface area contributed by atoms with Crippen molar-refractivity contribution in [3.63, 3.8) is 0 Å². The Kier molecular flexibility index (Phi) is 8.44. The minimum atomic E-state index is -3.52. The predicted molar refractivity (Wildman–Crippen MR) is 113 cm³/mol. The van der Waals surface area contributed by atoms with Gasteiger partial charge in [-0.15, -0.1) is 0 Å². The van der Waals surface area contributed by atoms with Gasteiger partial charge < -0.3 is 4.74 Å². The van der Waals surface area contributed by atoms with E-state index in [-0.39, 0.29) is 12.5 Å². The molecule has 0 radical (unpaired) electrons. The quantitative estimate of drug-likeness (QED) is 0.491. The molecule has 0 aliphatic rings. The van der Waals surface area contributed by atoms with E-state index in [9.17, 15) is 13.2 Å². The van der Waals surface area contributed by atoms with E-state index in [4.69, 9.17) is 16.3 Å². The number of hydrogen-bond donors (Lipinski definition) is 1. The minimum absolute atomic E-state index is 0.283. The van der Waals surface area contributed by atoms with Gasteiger partial charge in [0.25, 0.3) is 0 Å². The van der Waals surface area contributed by atoms with Crippen LogP contribution in [0.5, 0.6) is 0 Å². The summed E-state index contributed by atoms with van der Waals surface area (Å²) in [5, 5.41) is 1.74. The van der Waals surface area contributed by atoms with E-state index in [2.05, 4.69) is 4.72 Å². The zero-order valence-corrected chi connectivity index (χ0v) is 17.0. The van der Waals surface area contributed by atoms with Crippen molar-refractivity contribution in [2.24, 2.45) is 0 Å². The summed E-state index contributed by atoms with van der Waals surface area (Å²) in [7, 11) is -3.52. The molecule has 0 spiro atoms. The molecule has 0 amide bonds. The molecule has 7 heteroatoms. The van der Waals surface area contributed by atoms with Crippen LogP contribution in [0.25, 0.3) is 12.2 Å². The Bertz CT molecular complexity index is 933. The Hall–Kier alpha value is -2.41. The molecule has 148 valence electrons. The summed E-state index contributed by atoms with van der Waals surface area (Å²) in [5.74, 6) is -0.382. The monoisotopic (exact) mass is 419 g/mol. The van der Waals surface area contributed by atoms with Crippen molar-refractivity contribution in [3.8, 4) is 0 Å². The molecule has 0 atom stereocenters. The molecular formula is C21H22ClNO4S. The first-order valence-corrected chi connectivity index (χ1v) is 10.7. The highest BCUT2D eigenvalue weighted by molar-refractivity contribution is 7.92. The van der Waals surface area contributed by atoms with Crippen LogP contribution in [0.4, 0.5) is 0 Å². The largest absolute Gasteiger partial charge is 0.463 e. The van der Waals surface area contributed by atoms with Gasteiger partial charge in [-0.05, 0) is 54.3 Å². The molecular weight excluding hydrogens is 398 g/mol. The Morgan fingerprint density at radius 2 is 1.64 bits per heavy atom. The summed E-state index contributed by atoms with van der Waals surface area (Å²) in [4.78, 5) is 11.3. The molecule has 0 aromatic heterocycles. The minimum Gasteiger partial charge on any atom is -0.463 e. The van der Waals surface area contributed by atoms with Gasteiger partial charge in [-0.2, -0.15) is 0 Å². The van der Waals surface area contributed by atoms with Crippen molar-refractivity contribution >= 4 is 39.7 Å². The van der Waals surface area contributed by atoms with Crippen LogP contribution in [-0.4, -0.2) is 27.5 Å². The maximum atomic E-state index is 12.0. The summed E-state index contributed by atoms with van der Waals surface area (Å²) in [6, 6.07) is 14.4. The van der Waals surface area contributed by atoms with E-state index in [1.165, 1.54) is 12.2 Å². The molecule has 1 N–H and O–H groups in total. The molecule has 5 nitrogen and oxygen atoms in total. The summed E-state index contributed by atoms with van der Waals surface area (Å²) >= 11 is 5.80. The maximum absolute atomic E-state index is 12.0. The fourth-order valence-electron chi connectivity index (χ4n) is 2.28. The fourth-order valence-corrected chi connectivity index (χ4v) is 3.22. The lowest BCUT2D eigenvalue weighted by Gasteiger charge is -2.04. The third-order valence-corrected chi connectivity index (χ3v) is 5.06. The summed E-state index contributed by atoms with van der Waals surface area (Å²) in [5.41, 5.74) is 2.60. The lowest BCUT2D eigenvalue weighted by molar-refractivity contribution is -0.137. The number of carbonyl (C=O) groups excluding carboxylic acids is 1. The molecule has 2 aromatic rings. The first kappa shape index (κ1) is 21.9. The van der Waals surface area contributed by atoms with Gasteiger partial charge in [0.05, 0.1) is 6.61 Å². The molecule has 0 saturated carbocycles. The molecule has 0 aliphatic carbocycles. The summed E-state index contributed by atoms with van der Waals surface area (Å²) < 4.78 is 31.4. The first-order valence-electron chi connectivity index (χ1n) is 8.75. The van der Waals surface area contributed by atoms with E-state index >= 15 is 0 Å². The number of nitrogens with one attached hydrogen (secondary N) is 1. The van der Waals surface area contributed by atoms with Crippen molar-refractivity contribution in [2.45, 2.75) is 13.3 Å². The highest BCUT2D eigenvalue weighted by Crippen LogP contribution is 2.11. The van der Waals surface area contributed by atoms with Crippen LogP contribution in [0, 0.1) is 0 Å². The highest BCUT2D eigenvalue weighted by atomic mass is 35.5. The van der Waals surface area contributed by atoms with Gasteiger partial charge in [0, 0.05) is 23.1 Å². The molecule has 0 unspecified atom stereocenters. The maximum Gasteiger partial charge on any atom is 0.330 e. The average molecular weight is 420 g/mol.